The molecule has 0 aliphatic carbocycles. The second kappa shape index (κ2) is 6.87. The molecular weight excluding hydrogens is 210 g/mol. The van der Waals surface area contributed by atoms with Gasteiger partial charge in [0.15, 0.2) is 0 Å². The van der Waals surface area contributed by atoms with Crippen molar-refractivity contribution in [3.05, 3.63) is 0 Å². The molecule has 0 atom stereocenters. The van der Waals surface area contributed by atoms with Crippen LogP contribution in [0.1, 0.15) is 53.4 Å². The average molecular weight is 240 g/mol. The van der Waals surface area contributed by atoms with Gasteiger partial charge < -0.3 is 0 Å². The highest BCUT2D eigenvalue weighted by Crippen LogP contribution is 2.21. The maximum Gasteiger partial charge on any atom is 0.345 e. The van der Waals surface area contributed by atoms with E-state index in [9.17, 15) is 0 Å². The molecule has 3 heteroatoms. The first-order chi connectivity index (χ1) is 8.03. The van der Waals surface area contributed by atoms with Gasteiger partial charge in [-0.2, -0.15) is 0 Å². The molecule has 1 saturated heterocycles. The standard InChI is InChI=1S/C14H29N3/c1-5-11-17(13-15-9-10-16-13)12-7-6-8-14(2,3)4/h5-12H2,1-4H3,(H,15,16)/p+1. The molecule has 1 aliphatic heterocycles. The highest BCUT2D eigenvalue weighted by molar-refractivity contribution is 5.76. The van der Waals surface area contributed by atoms with Gasteiger partial charge in [0.2, 0.25) is 0 Å². The van der Waals surface area contributed by atoms with Crippen LogP contribution in [0.15, 0.2) is 0 Å². The number of nitrogens with one attached hydrogen (secondary N) is 2. The van der Waals surface area contributed by atoms with E-state index in [2.05, 4.69) is 42.9 Å². The summed E-state index contributed by atoms with van der Waals surface area (Å²) in [6.45, 7) is 13.7. The van der Waals surface area contributed by atoms with Crippen LogP contribution >= 0.6 is 0 Å². The summed E-state index contributed by atoms with van der Waals surface area (Å²) < 4.78 is 2.47. The number of guanidine groups is 1. The first-order valence-corrected chi connectivity index (χ1v) is 7.12. The largest absolute Gasteiger partial charge is 0.345 e. The molecule has 2 N–H and O–H groups in total. The molecule has 0 spiro atoms. The van der Waals surface area contributed by atoms with Crippen molar-refractivity contribution < 1.29 is 4.58 Å². The van der Waals surface area contributed by atoms with Gasteiger partial charge in [-0.1, -0.05) is 27.7 Å². The Hall–Kier alpha value is -0.730. The molecule has 17 heavy (non-hydrogen) atoms. The molecule has 0 saturated carbocycles. The Balaban J connectivity index is 2.33. The zero-order valence-corrected chi connectivity index (χ0v) is 12.1. The van der Waals surface area contributed by atoms with E-state index >= 15 is 0 Å². The number of nitrogens with zero attached hydrogens (tertiary/aromatic N) is 1. The number of hydrogen-bond acceptors (Lipinski definition) is 0. The quantitative estimate of drug-likeness (QED) is 0.550. The first-order valence-electron chi connectivity index (χ1n) is 7.12. The van der Waals surface area contributed by atoms with Crippen molar-refractivity contribution in [2.24, 2.45) is 5.41 Å². The molecular formula is C14H30N3+. The maximum absolute atomic E-state index is 3.43. The highest BCUT2D eigenvalue weighted by Gasteiger charge is 2.17. The van der Waals surface area contributed by atoms with E-state index in [0.29, 0.717) is 5.41 Å². The molecule has 1 fully saturated rings. The Labute approximate surface area is 107 Å². The van der Waals surface area contributed by atoms with Gasteiger partial charge >= 0.3 is 5.96 Å². The summed E-state index contributed by atoms with van der Waals surface area (Å²) in [5.74, 6) is 1.25. The zero-order valence-electron chi connectivity index (χ0n) is 12.1. The molecule has 3 nitrogen and oxygen atoms in total. The summed E-state index contributed by atoms with van der Waals surface area (Å²) in [6, 6.07) is 0. The maximum atomic E-state index is 3.43. The summed E-state index contributed by atoms with van der Waals surface area (Å²) >= 11 is 0. The Morgan fingerprint density at radius 1 is 1.06 bits per heavy atom. The van der Waals surface area contributed by atoms with Gasteiger partial charge in [0.05, 0.1) is 26.2 Å². The van der Waals surface area contributed by atoms with Gasteiger partial charge in [0.25, 0.3) is 0 Å². The zero-order chi connectivity index (χ0) is 12.7. The SMILES string of the molecule is CCC[N+](CCCCC(C)(C)C)=C1NCCN1. The summed E-state index contributed by atoms with van der Waals surface area (Å²) in [7, 11) is 0. The second-order valence-corrected chi connectivity index (χ2v) is 6.21. The lowest BCUT2D eigenvalue weighted by Gasteiger charge is -2.18. The summed E-state index contributed by atoms with van der Waals surface area (Å²) in [5, 5.41) is 6.86. The lowest BCUT2D eigenvalue weighted by atomic mass is 9.90. The van der Waals surface area contributed by atoms with E-state index in [0.717, 1.165) is 19.6 Å². The van der Waals surface area contributed by atoms with Crippen molar-refractivity contribution in [3.63, 3.8) is 0 Å². The van der Waals surface area contributed by atoms with Gasteiger partial charge in [0.1, 0.15) is 0 Å². The van der Waals surface area contributed by atoms with Crippen molar-refractivity contribution >= 4 is 5.96 Å². The number of unbranched alkanes of at least 4 members (excludes halogenated alkanes) is 1. The van der Waals surface area contributed by atoms with Crippen LogP contribution in [0.4, 0.5) is 0 Å². The fraction of sp³-hybridized carbons (Fsp3) is 0.929. The third kappa shape index (κ3) is 5.94. The third-order valence-electron chi connectivity index (χ3n) is 3.12. The molecule has 0 aromatic heterocycles. The molecule has 1 heterocycles. The lowest BCUT2D eigenvalue weighted by molar-refractivity contribution is -0.531. The monoisotopic (exact) mass is 240 g/mol. The van der Waals surface area contributed by atoms with Crippen molar-refractivity contribution in [1.82, 2.24) is 10.6 Å². The van der Waals surface area contributed by atoms with Crippen molar-refractivity contribution in [2.75, 3.05) is 26.2 Å². The van der Waals surface area contributed by atoms with E-state index < -0.39 is 0 Å². The molecule has 0 radical (unpaired) electrons. The van der Waals surface area contributed by atoms with Crippen LogP contribution in [-0.4, -0.2) is 36.7 Å². The van der Waals surface area contributed by atoms with Crippen LogP contribution in [0.2, 0.25) is 0 Å². The smallest absolute Gasteiger partial charge is 0.275 e. The van der Waals surface area contributed by atoms with Gasteiger partial charge in [-0.15, -0.1) is 0 Å². The van der Waals surface area contributed by atoms with Crippen molar-refractivity contribution in [3.8, 4) is 0 Å². The molecule has 1 rings (SSSR count). The minimum Gasteiger partial charge on any atom is -0.275 e. The third-order valence-corrected chi connectivity index (χ3v) is 3.12. The fourth-order valence-corrected chi connectivity index (χ4v) is 2.21. The van der Waals surface area contributed by atoms with Crippen molar-refractivity contribution in [2.45, 2.75) is 53.4 Å². The Morgan fingerprint density at radius 3 is 2.24 bits per heavy atom. The van der Waals surface area contributed by atoms with Crippen LogP contribution in [0.25, 0.3) is 0 Å². The molecule has 0 unspecified atom stereocenters. The van der Waals surface area contributed by atoms with Gasteiger partial charge in [-0.05, 0) is 31.1 Å². The topological polar surface area (TPSA) is 27.1 Å². The highest BCUT2D eigenvalue weighted by atomic mass is 15.3. The van der Waals surface area contributed by atoms with E-state index in [4.69, 9.17) is 0 Å². The summed E-state index contributed by atoms with van der Waals surface area (Å²) in [5.41, 5.74) is 0.479. The van der Waals surface area contributed by atoms with Gasteiger partial charge in [-0.25, -0.2) is 0 Å². The molecule has 0 amide bonds. The van der Waals surface area contributed by atoms with Crippen LogP contribution in [0.3, 0.4) is 0 Å². The minimum atomic E-state index is 0.479. The Bertz CT molecular complexity index is 243. The fourth-order valence-electron chi connectivity index (χ4n) is 2.21. The molecule has 100 valence electrons. The van der Waals surface area contributed by atoms with Gasteiger partial charge in [0, 0.05) is 0 Å². The van der Waals surface area contributed by atoms with Crippen LogP contribution in [-0.2, 0) is 0 Å². The summed E-state index contributed by atoms with van der Waals surface area (Å²) in [6.07, 6.45) is 5.16. The first kappa shape index (κ1) is 14.3. The molecule has 1 aliphatic rings. The van der Waals surface area contributed by atoms with Crippen LogP contribution in [0, 0.1) is 5.41 Å². The van der Waals surface area contributed by atoms with E-state index in [-0.39, 0.29) is 0 Å². The van der Waals surface area contributed by atoms with E-state index in [1.54, 1.807) is 0 Å². The van der Waals surface area contributed by atoms with E-state index in [1.807, 2.05) is 0 Å². The van der Waals surface area contributed by atoms with Crippen LogP contribution < -0.4 is 10.6 Å². The normalized spacial score (nSPS) is 15.6. The lowest BCUT2D eigenvalue weighted by Crippen LogP contribution is -2.37. The number of rotatable bonds is 6. The average Bonchev–Trinajstić information content (AvgIpc) is 2.74. The van der Waals surface area contributed by atoms with Crippen molar-refractivity contribution in [1.29, 1.82) is 0 Å². The second-order valence-electron chi connectivity index (χ2n) is 6.21. The molecule has 0 aromatic rings. The Kier molecular flexibility index (Phi) is 5.79. The predicted molar refractivity (Wildman–Crippen MR) is 74.6 cm³/mol. The number of hydrogen-bond donors (Lipinski definition) is 2. The molecule has 0 bridgehead atoms. The van der Waals surface area contributed by atoms with Crippen LogP contribution in [0.5, 0.6) is 0 Å². The Morgan fingerprint density at radius 2 is 1.71 bits per heavy atom. The van der Waals surface area contributed by atoms with Gasteiger partial charge in [-0.3, -0.25) is 15.2 Å². The summed E-state index contributed by atoms with van der Waals surface area (Å²) in [4.78, 5) is 0. The van der Waals surface area contributed by atoms with E-state index in [1.165, 1.54) is 38.2 Å². The molecule has 0 aromatic carbocycles. The minimum absolute atomic E-state index is 0.479. The predicted octanol–water partition coefficient (Wildman–Crippen LogP) is 2.17.